The highest BCUT2D eigenvalue weighted by atomic mass is 79.9. The van der Waals surface area contributed by atoms with Gasteiger partial charge in [0, 0.05) is 37.2 Å². The van der Waals surface area contributed by atoms with Crippen LogP contribution in [0.1, 0.15) is 23.7 Å². The minimum atomic E-state index is -0.227. The molecule has 0 radical (unpaired) electrons. The Bertz CT molecular complexity index is 502. The summed E-state index contributed by atoms with van der Waals surface area (Å²) in [4.78, 5) is 16.9. The molecule has 0 spiro atoms. The molecule has 5 nitrogen and oxygen atoms in total. The Labute approximate surface area is 140 Å². The van der Waals surface area contributed by atoms with Crippen LogP contribution in [0.2, 0.25) is 0 Å². The van der Waals surface area contributed by atoms with Gasteiger partial charge in [-0.2, -0.15) is 0 Å². The molecule has 1 aliphatic rings. The lowest BCUT2D eigenvalue weighted by molar-refractivity contribution is 0.0945. The Balaban J connectivity index is 1.68. The van der Waals surface area contributed by atoms with Crippen molar-refractivity contribution in [3.8, 4) is 5.75 Å². The first-order valence-corrected chi connectivity index (χ1v) is 8.61. The van der Waals surface area contributed by atoms with Crippen LogP contribution in [0.15, 0.2) is 22.7 Å². The van der Waals surface area contributed by atoms with E-state index in [0.29, 0.717) is 12.1 Å². The van der Waals surface area contributed by atoms with E-state index in [0.717, 1.165) is 50.2 Å². The predicted octanol–water partition coefficient (Wildman–Crippen LogP) is 1.91. The Morgan fingerprint density at radius 1 is 1.27 bits per heavy atom. The summed E-state index contributed by atoms with van der Waals surface area (Å²) in [5.41, 5.74) is 0.311. The van der Waals surface area contributed by atoms with Crippen LogP contribution in [0.4, 0.5) is 0 Å². The van der Waals surface area contributed by atoms with E-state index in [-0.39, 0.29) is 11.7 Å². The van der Waals surface area contributed by atoms with Crippen molar-refractivity contribution in [2.24, 2.45) is 0 Å². The number of rotatable bonds is 6. The number of carbonyl (C=O) groups excluding carboxylic acids is 1. The monoisotopic (exact) mass is 369 g/mol. The average Bonchev–Trinajstić information content (AvgIpc) is 2.54. The lowest BCUT2D eigenvalue weighted by Gasteiger charge is -2.33. The van der Waals surface area contributed by atoms with Crippen LogP contribution in [0.3, 0.4) is 0 Å². The predicted molar refractivity (Wildman–Crippen MR) is 91.3 cm³/mol. The number of hydrogen-bond acceptors (Lipinski definition) is 4. The van der Waals surface area contributed by atoms with Gasteiger partial charge in [-0.25, -0.2) is 0 Å². The van der Waals surface area contributed by atoms with Crippen molar-refractivity contribution in [1.82, 2.24) is 15.1 Å². The lowest BCUT2D eigenvalue weighted by atomic mass is 10.2. The van der Waals surface area contributed by atoms with E-state index >= 15 is 0 Å². The molecule has 1 amide bonds. The topological polar surface area (TPSA) is 55.8 Å². The smallest absolute Gasteiger partial charge is 0.255 e. The molecule has 1 aromatic rings. The summed E-state index contributed by atoms with van der Waals surface area (Å²) in [6.07, 6.45) is 0.923. The number of nitrogens with one attached hydrogen (secondary N) is 1. The minimum absolute atomic E-state index is 0.0105. The highest BCUT2D eigenvalue weighted by molar-refractivity contribution is 9.10. The average molecular weight is 370 g/mol. The number of amides is 1. The number of nitrogens with zero attached hydrogens (tertiary/aromatic N) is 2. The molecule has 0 aliphatic carbocycles. The van der Waals surface area contributed by atoms with Gasteiger partial charge in [0.15, 0.2) is 0 Å². The molecule has 0 aromatic heterocycles. The second kappa shape index (κ2) is 8.50. The molecule has 122 valence electrons. The number of piperazine rings is 1. The number of phenolic OH excluding ortho intramolecular Hbond substituents is 1. The Hall–Kier alpha value is -1.11. The van der Waals surface area contributed by atoms with Gasteiger partial charge in [-0.15, -0.1) is 0 Å². The molecule has 22 heavy (non-hydrogen) atoms. The molecule has 1 aliphatic heterocycles. The van der Waals surface area contributed by atoms with E-state index < -0.39 is 0 Å². The number of aromatic hydroxyl groups is 1. The number of hydrogen-bond donors (Lipinski definition) is 2. The first kappa shape index (κ1) is 17.2. The molecule has 1 saturated heterocycles. The summed E-state index contributed by atoms with van der Waals surface area (Å²) in [7, 11) is 0. The van der Waals surface area contributed by atoms with Gasteiger partial charge in [0.2, 0.25) is 0 Å². The fraction of sp³-hybridized carbons (Fsp3) is 0.562. The van der Waals surface area contributed by atoms with Gasteiger partial charge < -0.3 is 20.2 Å². The lowest BCUT2D eigenvalue weighted by Crippen LogP contribution is -2.46. The standard InChI is InChI=1S/C16H24BrN3O2/c1-2-19-8-10-20(11-9-19)7-3-6-18-16(22)14-12-13(17)4-5-15(14)21/h4-5,12,21H,2-3,6-11H2,1H3,(H,18,22). The van der Waals surface area contributed by atoms with Gasteiger partial charge in [0.1, 0.15) is 5.75 Å². The van der Waals surface area contributed by atoms with Crippen molar-refractivity contribution >= 4 is 21.8 Å². The third-order valence-corrected chi connectivity index (χ3v) is 4.55. The summed E-state index contributed by atoms with van der Waals surface area (Å²) < 4.78 is 0.782. The molecular formula is C16H24BrN3O2. The van der Waals surface area contributed by atoms with E-state index in [1.807, 2.05) is 0 Å². The molecule has 1 fully saturated rings. The maximum absolute atomic E-state index is 12.0. The molecule has 0 bridgehead atoms. The van der Waals surface area contributed by atoms with E-state index in [1.165, 1.54) is 6.07 Å². The van der Waals surface area contributed by atoms with Crippen molar-refractivity contribution in [2.45, 2.75) is 13.3 Å². The molecule has 1 aromatic carbocycles. The van der Waals surface area contributed by atoms with Crippen LogP contribution in [0.5, 0.6) is 5.75 Å². The second-order valence-electron chi connectivity index (χ2n) is 5.55. The van der Waals surface area contributed by atoms with Gasteiger partial charge in [-0.3, -0.25) is 4.79 Å². The zero-order valence-corrected chi connectivity index (χ0v) is 14.6. The van der Waals surface area contributed by atoms with Gasteiger partial charge in [-0.1, -0.05) is 22.9 Å². The molecule has 0 unspecified atom stereocenters. The van der Waals surface area contributed by atoms with Crippen LogP contribution >= 0.6 is 15.9 Å². The van der Waals surface area contributed by atoms with Crippen molar-refractivity contribution in [3.63, 3.8) is 0 Å². The van der Waals surface area contributed by atoms with Crippen LogP contribution in [0.25, 0.3) is 0 Å². The van der Waals surface area contributed by atoms with E-state index in [1.54, 1.807) is 12.1 Å². The maximum Gasteiger partial charge on any atom is 0.255 e. The molecule has 1 heterocycles. The normalized spacial score (nSPS) is 16.6. The van der Waals surface area contributed by atoms with E-state index in [2.05, 4.69) is 38.0 Å². The Morgan fingerprint density at radius 3 is 2.64 bits per heavy atom. The minimum Gasteiger partial charge on any atom is -0.507 e. The fourth-order valence-corrected chi connectivity index (χ4v) is 2.98. The number of phenols is 1. The van der Waals surface area contributed by atoms with Gasteiger partial charge in [0.05, 0.1) is 5.56 Å². The first-order chi connectivity index (χ1) is 10.6. The molecular weight excluding hydrogens is 346 g/mol. The second-order valence-corrected chi connectivity index (χ2v) is 6.46. The fourth-order valence-electron chi connectivity index (χ4n) is 2.62. The molecule has 6 heteroatoms. The molecule has 0 atom stereocenters. The third-order valence-electron chi connectivity index (χ3n) is 4.05. The quantitative estimate of drug-likeness (QED) is 0.752. The number of likely N-dealkylation sites (N-methyl/N-ethyl adjacent to an activating group) is 1. The summed E-state index contributed by atoms with van der Waals surface area (Å²) in [6.45, 7) is 9.43. The number of benzene rings is 1. The SMILES string of the molecule is CCN1CCN(CCCNC(=O)c2cc(Br)ccc2O)CC1. The van der Waals surface area contributed by atoms with E-state index in [4.69, 9.17) is 0 Å². The van der Waals surface area contributed by atoms with Crippen molar-refractivity contribution < 1.29 is 9.90 Å². The van der Waals surface area contributed by atoms with Crippen molar-refractivity contribution in [2.75, 3.05) is 45.8 Å². The van der Waals surface area contributed by atoms with Crippen molar-refractivity contribution in [3.05, 3.63) is 28.2 Å². The maximum atomic E-state index is 12.0. The number of carbonyl (C=O) groups is 1. The van der Waals surface area contributed by atoms with Gasteiger partial charge >= 0.3 is 0 Å². The summed E-state index contributed by atoms with van der Waals surface area (Å²) in [5.74, 6) is -0.217. The summed E-state index contributed by atoms with van der Waals surface area (Å²) in [6, 6.07) is 4.86. The third kappa shape index (κ3) is 4.97. The van der Waals surface area contributed by atoms with Crippen LogP contribution in [-0.4, -0.2) is 66.6 Å². The van der Waals surface area contributed by atoms with Crippen LogP contribution in [-0.2, 0) is 0 Å². The summed E-state index contributed by atoms with van der Waals surface area (Å²) in [5, 5.41) is 12.6. The van der Waals surface area contributed by atoms with Gasteiger partial charge in [-0.05, 0) is 37.7 Å². The molecule has 0 saturated carbocycles. The van der Waals surface area contributed by atoms with Crippen LogP contribution < -0.4 is 5.32 Å². The van der Waals surface area contributed by atoms with E-state index in [9.17, 15) is 9.90 Å². The zero-order chi connectivity index (χ0) is 15.9. The summed E-state index contributed by atoms with van der Waals surface area (Å²) >= 11 is 3.31. The zero-order valence-electron chi connectivity index (χ0n) is 13.0. The highest BCUT2D eigenvalue weighted by Gasteiger charge is 2.15. The highest BCUT2D eigenvalue weighted by Crippen LogP contribution is 2.21. The largest absolute Gasteiger partial charge is 0.507 e. The number of halogens is 1. The van der Waals surface area contributed by atoms with Gasteiger partial charge in [0.25, 0.3) is 5.91 Å². The molecule has 2 N–H and O–H groups in total. The molecule has 2 rings (SSSR count). The van der Waals surface area contributed by atoms with Crippen LogP contribution in [0, 0.1) is 0 Å². The van der Waals surface area contributed by atoms with Crippen molar-refractivity contribution in [1.29, 1.82) is 0 Å². The first-order valence-electron chi connectivity index (χ1n) is 7.81. The Kier molecular flexibility index (Phi) is 6.67. The Morgan fingerprint density at radius 2 is 1.95 bits per heavy atom.